The number of rotatable bonds is 4. The molecular formula is C36H49ClN2O5S. The van der Waals surface area contributed by atoms with Crippen LogP contribution in [0.5, 0.6) is 5.75 Å². The zero-order chi connectivity index (χ0) is 32.1. The van der Waals surface area contributed by atoms with Crippen LogP contribution in [0.15, 0.2) is 48.6 Å². The number of nitrogens with one attached hydrogen (secondary N) is 1. The smallest absolute Gasteiger partial charge is 0.263 e. The zero-order valence-corrected chi connectivity index (χ0v) is 28.9. The highest BCUT2D eigenvalue weighted by atomic mass is 35.5. The molecule has 7 nitrogen and oxygen atoms in total. The van der Waals surface area contributed by atoms with Gasteiger partial charge in [0.1, 0.15) is 16.7 Å². The molecule has 7 atom stereocenters. The van der Waals surface area contributed by atoms with E-state index in [4.69, 9.17) is 25.8 Å². The Morgan fingerprint density at radius 2 is 1.96 bits per heavy atom. The van der Waals surface area contributed by atoms with Gasteiger partial charge in [0.05, 0.1) is 36.9 Å². The van der Waals surface area contributed by atoms with Gasteiger partial charge >= 0.3 is 0 Å². The minimum absolute atomic E-state index is 0.00754. The summed E-state index contributed by atoms with van der Waals surface area (Å²) in [7, 11) is 0.179. The summed E-state index contributed by atoms with van der Waals surface area (Å²) < 4.78 is 34.2. The van der Waals surface area contributed by atoms with Gasteiger partial charge in [0.15, 0.2) is 0 Å². The Morgan fingerprint density at radius 1 is 1.13 bits per heavy atom. The van der Waals surface area contributed by atoms with Crippen molar-refractivity contribution in [2.24, 2.45) is 17.8 Å². The van der Waals surface area contributed by atoms with Crippen molar-refractivity contribution in [3.63, 3.8) is 0 Å². The summed E-state index contributed by atoms with van der Waals surface area (Å²) >= 11 is 6.38. The molecule has 0 radical (unpaired) electrons. The summed E-state index contributed by atoms with van der Waals surface area (Å²) in [6.45, 7) is 11.3. The average Bonchev–Trinajstić information content (AvgIpc) is 3.29. The van der Waals surface area contributed by atoms with Crippen molar-refractivity contribution < 1.29 is 23.2 Å². The molecule has 1 fully saturated rings. The van der Waals surface area contributed by atoms with Crippen molar-refractivity contribution in [3.8, 4) is 5.75 Å². The molecule has 0 saturated heterocycles. The van der Waals surface area contributed by atoms with E-state index < -0.39 is 11.0 Å². The van der Waals surface area contributed by atoms with Gasteiger partial charge in [-0.2, -0.15) is 0 Å². The molecule has 6 rings (SSSR count). The van der Waals surface area contributed by atoms with E-state index in [1.807, 2.05) is 39.0 Å². The van der Waals surface area contributed by atoms with Crippen molar-refractivity contribution in [2.75, 3.05) is 44.9 Å². The Bertz CT molecular complexity index is 1400. The van der Waals surface area contributed by atoms with Gasteiger partial charge in [-0.05, 0) is 98.2 Å². The van der Waals surface area contributed by atoms with Crippen LogP contribution in [0.25, 0.3) is 0 Å². The number of amides is 1. The molecule has 0 aromatic heterocycles. The second-order valence-electron chi connectivity index (χ2n) is 12.8. The third-order valence-corrected chi connectivity index (χ3v) is 11.9. The molecule has 9 heteroatoms. The number of fused-ring (bicyclic) bond motifs is 4. The number of halogens is 1. The second kappa shape index (κ2) is 15.0. The summed E-state index contributed by atoms with van der Waals surface area (Å²) in [4.78, 5) is 15.8. The van der Waals surface area contributed by atoms with Crippen LogP contribution in [-0.4, -0.2) is 61.5 Å². The van der Waals surface area contributed by atoms with Crippen molar-refractivity contribution >= 4 is 34.2 Å². The number of carbonyl (C=O) groups excluding carboxylic acids is 1. The van der Waals surface area contributed by atoms with Crippen LogP contribution in [0.2, 0.25) is 5.02 Å². The zero-order valence-electron chi connectivity index (χ0n) is 27.4. The number of hydrogen-bond acceptors (Lipinski definition) is 6. The number of methoxy groups -OCH3 is 1. The number of benzene rings is 2. The summed E-state index contributed by atoms with van der Waals surface area (Å²) in [5, 5.41) is 0.558. The van der Waals surface area contributed by atoms with Gasteiger partial charge in [-0.15, -0.1) is 0 Å². The molecule has 1 amide bonds. The van der Waals surface area contributed by atoms with Crippen molar-refractivity contribution in [2.45, 2.75) is 76.6 Å². The minimum atomic E-state index is -1.52. The standard InChI is InChI=1S/C34H43ClN2O5S.C2H6/c1-22-5-4-6-31(41-16-15-40-3)28-10-7-26(28)19-37-20-34(14-13-24-17-27(35)9-11-29(24)34)21-42-32-12-8-25(18-30(32)37)33(38)36-43(39)23(22)2;1-2/h4,6,8-9,11-12,17-18,22-23,26,28,31H,5,7,10,13-16,19-21H2,1-3H3,(H,36,38);1-2H3/b6-4+;. The molecular weight excluding hydrogens is 608 g/mol. The quantitative estimate of drug-likeness (QED) is 0.286. The Hall–Kier alpha value is -2.39. The van der Waals surface area contributed by atoms with Gasteiger partial charge in [-0.25, -0.2) is 4.21 Å². The topological polar surface area (TPSA) is 77.1 Å². The predicted octanol–water partition coefficient (Wildman–Crippen LogP) is 6.89. The molecule has 2 aliphatic heterocycles. The van der Waals surface area contributed by atoms with E-state index in [2.05, 4.69) is 40.8 Å². The highest BCUT2D eigenvalue weighted by molar-refractivity contribution is 7.84. The van der Waals surface area contributed by atoms with E-state index in [1.54, 1.807) is 13.2 Å². The first kappa shape index (κ1) is 34.0. The fourth-order valence-electron chi connectivity index (χ4n) is 7.21. The molecule has 2 aromatic rings. The SMILES string of the molecule is CC.COCCOC1/C=C/CC(C)C(C)S(=O)NC(=O)c2ccc3c(c2)N(CC2CCC21)CC1(CCc2cc(Cl)ccc21)CO3. The largest absolute Gasteiger partial charge is 0.490 e. The normalized spacial score (nSPS) is 31.7. The molecule has 45 heavy (non-hydrogen) atoms. The number of nitrogens with zero attached hydrogens (tertiary/aromatic N) is 1. The summed E-state index contributed by atoms with van der Waals surface area (Å²) in [5.41, 5.74) is 3.84. The molecule has 1 N–H and O–H groups in total. The molecule has 1 spiro atoms. The molecule has 2 aliphatic carbocycles. The van der Waals surface area contributed by atoms with Crippen molar-refractivity contribution in [1.82, 2.24) is 4.72 Å². The number of anilines is 1. The highest BCUT2D eigenvalue weighted by Gasteiger charge is 2.45. The summed E-state index contributed by atoms with van der Waals surface area (Å²) in [5.74, 6) is 1.39. The average molecular weight is 657 g/mol. The minimum Gasteiger partial charge on any atom is -0.490 e. The second-order valence-corrected chi connectivity index (χ2v) is 14.8. The highest BCUT2D eigenvalue weighted by Crippen LogP contribution is 2.47. The molecule has 1 saturated carbocycles. The lowest BCUT2D eigenvalue weighted by molar-refractivity contribution is -0.0309. The Morgan fingerprint density at radius 3 is 2.71 bits per heavy atom. The van der Waals surface area contributed by atoms with Crippen LogP contribution in [0.3, 0.4) is 0 Å². The Labute approximate surface area is 276 Å². The fourth-order valence-corrected chi connectivity index (χ4v) is 8.43. The van der Waals surface area contributed by atoms with Gasteiger partial charge in [0.2, 0.25) is 0 Å². The van der Waals surface area contributed by atoms with Crippen LogP contribution < -0.4 is 14.4 Å². The Kier molecular flexibility index (Phi) is 11.3. The molecule has 2 bridgehead atoms. The van der Waals surface area contributed by atoms with Gasteiger partial charge < -0.3 is 19.1 Å². The molecule has 7 unspecified atom stereocenters. The Balaban J connectivity index is 0.00000196. The van der Waals surface area contributed by atoms with E-state index >= 15 is 0 Å². The maximum Gasteiger partial charge on any atom is 0.263 e. The monoisotopic (exact) mass is 656 g/mol. The van der Waals surface area contributed by atoms with E-state index in [0.29, 0.717) is 37.2 Å². The third-order valence-electron chi connectivity index (χ3n) is 10.2. The van der Waals surface area contributed by atoms with Crippen LogP contribution in [0.1, 0.15) is 74.9 Å². The van der Waals surface area contributed by atoms with E-state index in [-0.39, 0.29) is 28.6 Å². The summed E-state index contributed by atoms with van der Waals surface area (Å²) in [6.07, 6.45) is 9.32. The lowest BCUT2D eigenvalue weighted by Crippen LogP contribution is -2.48. The molecule has 4 aliphatic rings. The van der Waals surface area contributed by atoms with Crippen molar-refractivity contribution in [1.29, 1.82) is 0 Å². The first-order chi connectivity index (χ1) is 21.8. The number of hydrogen-bond donors (Lipinski definition) is 1. The third kappa shape index (κ3) is 7.29. The number of allylic oxidation sites excluding steroid dienone is 1. The lowest BCUT2D eigenvalue weighted by atomic mass is 9.69. The van der Waals surface area contributed by atoms with E-state index in [0.717, 1.165) is 61.7 Å². The lowest BCUT2D eigenvalue weighted by Gasteiger charge is -2.45. The first-order valence-corrected chi connectivity index (χ1v) is 18.2. The fraction of sp³-hybridized carbons (Fsp3) is 0.583. The van der Waals surface area contributed by atoms with Crippen LogP contribution in [0, 0.1) is 17.8 Å². The van der Waals surface area contributed by atoms with Gasteiger partial charge in [0.25, 0.3) is 5.91 Å². The first-order valence-electron chi connectivity index (χ1n) is 16.6. The van der Waals surface area contributed by atoms with Crippen LogP contribution >= 0.6 is 11.6 Å². The number of carbonyl (C=O) groups is 1. The van der Waals surface area contributed by atoms with E-state index in [9.17, 15) is 9.00 Å². The van der Waals surface area contributed by atoms with Crippen LogP contribution in [0.4, 0.5) is 5.69 Å². The predicted molar refractivity (Wildman–Crippen MR) is 183 cm³/mol. The van der Waals surface area contributed by atoms with E-state index in [1.165, 1.54) is 11.1 Å². The van der Waals surface area contributed by atoms with Gasteiger partial charge in [-0.3, -0.25) is 9.52 Å². The number of ether oxygens (including phenoxy) is 3. The maximum absolute atomic E-state index is 13.4. The van der Waals surface area contributed by atoms with Crippen molar-refractivity contribution in [3.05, 3.63) is 70.3 Å². The number of aryl methyl sites for hydroxylation is 1. The molecule has 2 aromatic carbocycles. The summed E-state index contributed by atoms with van der Waals surface area (Å²) in [6, 6.07) is 11.9. The molecule has 246 valence electrons. The van der Waals surface area contributed by atoms with Crippen LogP contribution in [-0.2, 0) is 32.3 Å². The van der Waals surface area contributed by atoms with Gasteiger partial charge in [-0.1, -0.05) is 50.6 Å². The maximum atomic E-state index is 13.4. The molecule has 2 heterocycles. The van der Waals surface area contributed by atoms with Gasteiger partial charge in [0, 0.05) is 36.2 Å².